The maximum Gasteiger partial charge on any atom is 0.235 e. The van der Waals surface area contributed by atoms with Crippen LogP contribution in [0.1, 0.15) is 31.2 Å². The predicted octanol–water partition coefficient (Wildman–Crippen LogP) is 3.51. The van der Waals surface area contributed by atoms with Crippen molar-refractivity contribution < 1.29 is 4.79 Å². The number of aliphatic imine (C=N–C) groups is 1. The zero-order valence-corrected chi connectivity index (χ0v) is 11.5. The van der Waals surface area contributed by atoms with Crippen molar-refractivity contribution in [3.8, 4) is 0 Å². The quantitative estimate of drug-likeness (QED) is 0.618. The van der Waals surface area contributed by atoms with Crippen molar-refractivity contribution in [3.05, 3.63) is 28.8 Å². The molecule has 0 atom stereocenters. The second-order valence-corrected chi connectivity index (χ2v) is 5.41. The van der Waals surface area contributed by atoms with Gasteiger partial charge in [0, 0.05) is 14.1 Å². The molecular weight excluding hydrogens is 248 g/mol. The molecule has 1 aromatic carbocycles. The highest BCUT2D eigenvalue weighted by molar-refractivity contribution is 6.33. The van der Waals surface area contributed by atoms with Crippen molar-refractivity contribution in [1.29, 1.82) is 0 Å². The second kappa shape index (κ2) is 5.13. The third kappa shape index (κ3) is 2.29. The van der Waals surface area contributed by atoms with Crippen LogP contribution >= 0.6 is 11.6 Å². The van der Waals surface area contributed by atoms with Crippen molar-refractivity contribution in [2.45, 2.75) is 31.2 Å². The van der Waals surface area contributed by atoms with E-state index in [1.54, 1.807) is 6.08 Å². The fourth-order valence-corrected chi connectivity index (χ4v) is 2.94. The van der Waals surface area contributed by atoms with Gasteiger partial charge in [-0.2, -0.15) is 4.99 Å². The van der Waals surface area contributed by atoms with Crippen LogP contribution in [0.15, 0.2) is 23.2 Å². The summed E-state index contributed by atoms with van der Waals surface area (Å²) in [6, 6.07) is 5.89. The third-order valence-corrected chi connectivity index (χ3v) is 3.98. The first-order valence-corrected chi connectivity index (χ1v) is 6.53. The van der Waals surface area contributed by atoms with Crippen molar-refractivity contribution >= 4 is 23.4 Å². The number of halogens is 1. The second-order valence-electron chi connectivity index (χ2n) is 5.00. The average Bonchev–Trinajstić information content (AvgIpc) is 2.79. The molecule has 0 amide bonds. The van der Waals surface area contributed by atoms with Gasteiger partial charge < -0.3 is 4.90 Å². The van der Waals surface area contributed by atoms with E-state index in [9.17, 15) is 4.79 Å². The largest absolute Gasteiger partial charge is 0.376 e. The molecule has 0 radical (unpaired) electrons. The number of hydrogen-bond donors (Lipinski definition) is 0. The number of isocyanates is 1. The number of anilines is 1. The van der Waals surface area contributed by atoms with Gasteiger partial charge in [-0.1, -0.05) is 30.5 Å². The summed E-state index contributed by atoms with van der Waals surface area (Å²) in [6.45, 7) is 0. The molecule has 0 saturated heterocycles. The van der Waals surface area contributed by atoms with Gasteiger partial charge in [-0.3, -0.25) is 0 Å². The number of hydrogen-bond acceptors (Lipinski definition) is 3. The van der Waals surface area contributed by atoms with Crippen molar-refractivity contribution in [1.82, 2.24) is 0 Å². The first-order valence-electron chi connectivity index (χ1n) is 6.15. The van der Waals surface area contributed by atoms with Gasteiger partial charge in [0.25, 0.3) is 0 Å². The van der Waals surface area contributed by atoms with Crippen molar-refractivity contribution in [2.75, 3.05) is 19.0 Å². The van der Waals surface area contributed by atoms with Crippen LogP contribution < -0.4 is 4.90 Å². The SMILES string of the molecule is CN(C)c1cc(C2(N=C=O)CCCC2)ccc1Cl. The summed E-state index contributed by atoms with van der Waals surface area (Å²) in [6.07, 6.45) is 5.77. The van der Waals surface area contributed by atoms with Crippen molar-refractivity contribution in [2.24, 2.45) is 4.99 Å². The molecule has 1 fully saturated rings. The van der Waals surface area contributed by atoms with E-state index in [2.05, 4.69) is 4.99 Å². The molecule has 0 heterocycles. The van der Waals surface area contributed by atoms with E-state index in [-0.39, 0.29) is 5.54 Å². The summed E-state index contributed by atoms with van der Waals surface area (Å²) >= 11 is 6.17. The topological polar surface area (TPSA) is 32.7 Å². The maximum absolute atomic E-state index is 10.7. The number of rotatable bonds is 3. The normalized spacial score (nSPS) is 17.3. The fourth-order valence-electron chi connectivity index (χ4n) is 2.66. The molecule has 96 valence electrons. The lowest BCUT2D eigenvalue weighted by Gasteiger charge is -2.25. The lowest BCUT2D eigenvalue weighted by Crippen LogP contribution is -2.20. The van der Waals surface area contributed by atoms with Crippen LogP contribution in [-0.4, -0.2) is 20.2 Å². The van der Waals surface area contributed by atoms with Crippen LogP contribution in [0.2, 0.25) is 5.02 Å². The average molecular weight is 265 g/mol. The highest BCUT2D eigenvalue weighted by atomic mass is 35.5. The molecule has 0 spiro atoms. The zero-order chi connectivity index (χ0) is 13.2. The predicted molar refractivity (Wildman–Crippen MR) is 74.0 cm³/mol. The molecule has 18 heavy (non-hydrogen) atoms. The molecule has 1 aliphatic carbocycles. The smallest absolute Gasteiger partial charge is 0.235 e. The summed E-state index contributed by atoms with van der Waals surface area (Å²) in [7, 11) is 3.91. The van der Waals surface area contributed by atoms with E-state index >= 15 is 0 Å². The minimum atomic E-state index is -0.378. The summed E-state index contributed by atoms with van der Waals surface area (Å²) in [5, 5.41) is 0.715. The monoisotopic (exact) mass is 264 g/mol. The molecule has 1 saturated carbocycles. The Hall–Kier alpha value is -1.31. The van der Waals surface area contributed by atoms with Crippen LogP contribution in [-0.2, 0) is 10.3 Å². The lowest BCUT2D eigenvalue weighted by atomic mass is 9.88. The molecule has 0 aromatic heterocycles. The maximum atomic E-state index is 10.7. The molecule has 1 aromatic rings. The first kappa shape index (κ1) is 13.1. The molecule has 0 aliphatic heterocycles. The van der Waals surface area contributed by atoms with E-state index in [1.165, 1.54) is 0 Å². The van der Waals surface area contributed by atoms with Gasteiger partial charge in [0.05, 0.1) is 16.2 Å². The summed E-state index contributed by atoms with van der Waals surface area (Å²) < 4.78 is 0. The molecular formula is C14H17ClN2O. The molecule has 0 N–H and O–H groups in total. The molecule has 0 unspecified atom stereocenters. The molecule has 3 nitrogen and oxygen atoms in total. The molecule has 1 aliphatic rings. The first-order chi connectivity index (χ1) is 8.59. The number of benzene rings is 1. The Balaban J connectivity index is 2.49. The van der Waals surface area contributed by atoms with E-state index in [4.69, 9.17) is 11.6 Å². The third-order valence-electron chi connectivity index (χ3n) is 3.66. The van der Waals surface area contributed by atoms with Crippen LogP contribution in [0.4, 0.5) is 5.69 Å². The van der Waals surface area contributed by atoms with Gasteiger partial charge in [0.2, 0.25) is 6.08 Å². The Morgan fingerprint density at radius 3 is 2.56 bits per heavy atom. The van der Waals surface area contributed by atoms with Gasteiger partial charge in [-0.25, -0.2) is 4.79 Å². The zero-order valence-electron chi connectivity index (χ0n) is 10.7. The van der Waals surface area contributed by atoms with E-state index in [0.29, 0.717) is 5.02 Å². The van der Waals surface area contributed by atoms with Crippen LogP contribution in [0.3, 0.4) is 0 Å². The molecule has 0 bridgehead atoms. The van der Waals surface area contributed by atoms with Gasteiger partial charge in [-0.15, -0.1) is 0 Å². The van der Waals surface area contributed by atoms with Gasteiger partial charge in [-0.05, 0) is 30.5 Å². The summed E-state index contributed by atoms with van der Waals surface area (Å²) in [5.41, 5.74) is 1.65. The van der Waals surface area contributed by atoms with Gasteiger partial charge in [0.15, 0.2) is 0 Å². The Morgan fingerprint density at radius 2 is 2.00 bits per heavy atom. The molecule has 2 rings (SSSR count). The standard InChI is InChI=1S/C14H17ClN2O/c1-17(2)13-9-11(5-6-12(13)15)14(16-10-18)7-3-4-8-14/h5-6,9H,3-4,7-8H2,1-2H3. The lowest BCUT2D eigenvalue weighted by molar-refractivity contribution is 0.456. The van der Waals surface area contributed by atoms with E-state index in [1.807, 2.05) is 37.2 Å². The van der Waals surface area contributed by atoms with E-state index < -0.39 is 0 Å². The molecule has 4 heteroatoms. The highest BCUT2D eigenvalue weighted by Crippen LogP contribution is 2.43. The van der Waals surface area contributed by atoms with Crippen LogP contribution in [0.25, 0.3) is 0 Å². The summed E-state index contributed by atoms with van der Waals surface area (Å²) in [5.74, 6) is 0. The number of nitrogens with zero attached hydrogens (tertiary/aromatic N) is 2. The summed E-state index contributed by atoms with van der Waals surface area (Å²) in [4.78, 5) is 16.8. The minimum absolute atomic E-state index is 0.378. The Labute approximate surface area is 112 Å². The number of carbonyl (C=O) groups excluding carboxylic acids is 1. The van der Waals surface area contributed by atoms with Crippen molar-refractivity contribution in [3.63, 3.8) is 0 Å². The fraction of sp³-hybridized carbons (Fsp3) is 0.500. The minimum Gasteiger partial charge on any atom is -0.376 e. The highest BCUT2D eigenvalue weighted by Gasteiger charge is 2.36. The van der Waals surface area contributed by atoms with E-state index in [0.717, 1.165) is 36.9 Å². The Bertz CT molecular complexity index is 487. The van der Waals surface area contributed by atoms with Crippen LogP contribution in [0.5, 0.6) is 0 Å². The Morgan fingerprint density at radius 1 is 1.33 bits per heavy atom. The van der Waals surface area contributed by atoms with Crippen LogP contribution in [0, 0.1) is 0 Å². The van der Waals surface area contributed by atoms with Gasteiger partial charge in [0.1, 0.15) is 0 Å². The van der Waals surface area contributed by atoms with Gasteiger partial charge >= 0.3 is 0 Å². The Kier molecular flexibility index (Phi) is 3.74.